The number of nitriles is 1. The third-order valence-corrected chi connectivity index (χ3v) is 12.0. The number of amides is 1. The van der Waals surface area contributed by atoms with E-state index in [1.165, 1.54) is 21.9 Å². The molecule has 5 heterocycles. The Balaban J connectivity index is 0.959. The van der Waals surface area contributed by atoms with Gasteiger partial charge in [0, 0.05) is 76.7 Å². The van der Waals surface area contributed by atoms with Crippen LogP contribution in [0, 0.1) is 11.3 Å². The van der Waals surface area contributed by atoms with Gasteiger partial charge in [-0.05, 0) is 59.6 Å². The minimum absolute atomic E-state index is 0.0546. The summed E-state index contributed by atoms with van der Waals surface area (Å²) in [5.41, 5.74) is 5.83. The molecule has 0 spiro atoms. The molecule has 0 radical (unpaired) electrons. The van der Waals surface area contributed by atoms with Crippen LogP contribution in [-0.4, -0.2) is 94.9 Å². The van der Waals surface area contributed by atoms with Crippen LogP contribution in [0.2, 0.25) is 0 Å². The maximum Gasteiger partial charge on any atom is 0.410 e. The molecular weight excluding hydrogens is 667 g/mol. The van der Waals surface area contributed by atoms with E-state index >= 15 is 0 Å². The fourth-order valence-electron chi connectivity index (χ4n) is 9.24. The maximum atomic E-state index is 13.4. The van der Waals surface area contributed by atoms with Gasteiger partial charge in [0.1, 0.15) is 18.5 Å². The van der Waals surface area contributed by atoms with Gasteiger partial charge in [-0.1, -0.05) is 66.7 Å². The number of fused-ring (bicyclic) bond motifs is 1. The summed E-state index contributed by atoms with van der Waals surface area (Å²) in [5.74, 6) is 0.862. The summed E-state index contributed by atoms with van der Waals surface area (Å²) < 4.78 is 18.0. The van der Waals surface area contributed by atoms with Gasteiger partial charge in [-0.25, -0.2) is 4.79 Å². The van der Waals surface area contributed by atoms with Crippen molar-refractivity contribution in [3.63, 3.8) is 0 Å². The molecule has 0 saturated carbocycles. The minimum Gasteiger partial charge on any atom is -0.460 e. The van der Waals surface area contributed by atoms with Crippen molar-refractivity contribution in [2.24, 2.45) is 0 Å². The highest BCUT2D eigenvalue weighted by Crippen LogP contribution is 2.44. The zero-order valence-corrected chi connectivity index (χ0v) is 30.2. The predicted octanol–water partition coefficient (Wildman–Crippen LogP) is 6.01. The van der Waals surface area contributed by atoms with Crippen molar-refractivity contribution in [3.05, 3.63) is 94.7 Å². The number of hydrogen-bond donors (Lipinski definition) is 0. The van der Waals surface area contributed by atoms with Crippen molar-refractivity contribution < 1.29 is 19.0 Å². The smallest absolute Gasteiger partial charge is 0.410 e. The first-order chi connectivity index (χ1) is 26.1. The lowest BCUT2D eigenvalue weighted by molar-refractivity contribution is 0.00868. The maximum absolute atomic E-state index is 13.4. The molecular formula is C42H47N7O4. The molecule has 4 aliphatic heterocycles. The van der Waals surface area contributed by atoms with E-state index < -0.39 is 0 Å². The summed E-state index contributed by atoms with van der Waals surface area (Å²) in [6.07, 6.45) is 4.93. The van der Waals surface area contributed by atoms with Crippen LogP contribution < -0.4 is 9.64 Å². The highest BCUT2D eigenvalue weighted by molar-refractivity contribution is 5.91. The van der Waals surface area contributed by atoms with E-state index in [-0.39, 0.29) is 37.3 Å². The van der Waals surface area contributed by atoms with Gasteiger partial charge in [0.15, 0.2) is 0 Å². The van der Waals surface area contributed by atoms with Gasteiger partial charge in [-0.15, -0.1) is 0 Å². The van der Waals surface area contributed by atoms with E-state index in [2.05, 4.69) is 57.2 Å². The third kappa shape index (κ3) is 6.92. The number of aromatic nitrogens is 2. The molecule has 1 amide bonds. The number of ether oxygens (including phenoxy) is 3. The molecule has 53 heavy (non-hydrogen) atoms. The zero-order chi connectivity index (χ0) is 35.7. The molecule has 9 rings (SSSR count). The summed E-state index contributed by atoms with van der Waals surface area (Å²) in [7, 11) is 0. The third-order valence-electron chi connectivity index (χ3n) is 12.0. The number of piperidine rings is 1. The molecule has 3 aromatic carbocycles. The average Bonchev–Trinajstić information content (AvgIpc) is 3.81. The highest BCUT2D eigenvalue weighted by Gasteiger charge is 2.39. The molecule has 0 bridgehead atoms. The second-order valence-corrected chi connectivity index (χ2v) is 15.1. The van der Waals surface area contributed by atoms with Crippen molar-refractivity contribution in [2.45, 2.75) is 82.5 Å². The molecule has 5 aliphatic rings. The largest absolute Gasteiger partial charge is 0.460 e. The van der Waals surface area contributed by atoms with E-state index in [1.807, 2.05) is 30.3 Å². The van der Waals surface area contributed by atoms with Gasteiger partial charge in [-0.3, -0.25) is 9.80 Å². The monoisotopic (exact) mass is 713 g/mol. The van der Waals surface area contributed by atoms with E-state index in [0.717, 1.165) is 87.6 Å². The molecule has 1 aliphatic carbocycles. The Kier molecular flexibility index (Phi) is 9.59. The number of carbonyl (C=O) groups excluding carboxylic acids is 1. The molecule has 11 heteroatoms. The quantitative estimate of drug-likeness (QED) is 0.216. The zero-order valence-electron chi connectivity index (χ0n) is 30.2. The predicted molar refractivity (Wildman–Crippen MR) is 200 cm³/mol. The van der Waals surface area contributed by atoms with Crippen LogP contribution in [0.4, 0.5) is 10.6 Å². The summed E-state index contributed by atoms with van der Waals surface area (Å²) in [6.45, 7) is 6.84. The van der Waals surface area contributed by atoms with Crippen LogP contribution >= 0.6 is 0 Å². The van der Waals surface area contributed by atoms with Gasteiger partial charge >= 0.3 is 12.1 Å². The van der Waals surface area contributed by atoms with Gasteiger partial charge in [-0.2, -0.15) is 15.2 Å². The first-order valence-electron chi connectivity index (χ1n) is 19.3. The Morgan fingerprint density at radius 1 is 0.887 bits per heavy atom. The van der Waals surface area contributed by atoms with Crippen molar-refractivity contribution in [3.8, 4) is 12.1 Å². The van der Waals surface area contributed by atoms with Crippen LogP contribution in [0.15, 0.2) is 66.7 Å². The van der Waals surface area contributed by atoms with Crippen LogP contribution in [0.5, 0.6) is 6.01 Å². The summed E-state index contributed by atoms with van der Waals surface area (Å²) in [4.78, 5) is 32.8. The lowest BCUT2D eigenvalue weighted by Crippen LogP contribution is -2.55. The molecule has 2 atom stereocenters. The SMILES string of the molecule is N#CC[C@H]1CN(c2nc(OC3CCN(C4CCOCC4)CC3)nc3c2CN(C2Cc4cccc5cccc2c45)C3)CCN1C(=O)OCc1ccccc1. The molecule has 4 aromatic rings. The van der Waals surface area contributed by atoms with Crippen molar-refractivity contribution in [1.82, 2.24) is 24.7 Å². The van der Waals surface area contributed by atoms with Crippen molar-refractivity contribution in [1.29, 1.82) is 5.26 Å². The highest BCUT2D eigenvalue weighted by atomic mass is 16.6. The lowest BCUT2D eigenvalue weighted by atomic mass is 10.0. The first kappa shape index (κ1) is 34.0. The number of rotatable bonds is 8. The van der Waals surface area contributed by atoms with E-state index in [4.69, 9.17) is 24.2 Å². The Morgan fingerprint density at radius 2 is 1.70 bits per heavy atom. The Bertz CT molecular complexity index is 1980. The van der Waals surface area contributed by atoms with Gasteiger partial charge < -0.3 is 24.0 Å². The molecule has 1 unspecified atom stereocenters. The van der Waals surface area contributed by atoms with E-state index in [9.17, 15) is 10.1 Å². The second-order valence-electron chi connectivity index (χ2n) is 15.1. The Hall–Kier alpha value is -4.76. The minimum atomic E-state index is -0.390. The second kappa shape index (κ2) is 14.9. The van der Waals surface area contributed by atoms with Gasteiger partial charge in [0.25, 0.3) is 0 Å². The van der Waals surface area contributed by atoms with Crippen LogP contribution in [0.3, 0.4) is 0 Å². The normalized spacial score (nSPS) is 22.5. The molecule has 1 aromatic heterocycles. The summed E-state index contributed by atoms with van der Waals surface area (Å²) in [6, 6.07) is 26.3. The Labute approximate surface area is 311 Å². The Morgan fingerprint density at radius 3 is 2.51 bits per heavy atom. The fourth-order valence-corrected chi connectivity index (χ4v) is 9.24. The number of piperazine rings is 1. The first-order valence-corrected chi connectivity index (χ1v) is 19.3. The van der Waals surface area contributed by atoms with Crippen LogP contribution in [0.25, 0.3) is 10.8 Å². The van der Waals surface area contributed by atoms with Crippen molar-refractivity contribution >= 4 is 22.7 Å². The average molecular weight is 714 g/mol. The van der Waals surface area contributed by atoms with Crippen molar-refractivity contribution in [2.75, 3.05) is 50.8 Å². The number of benzene rings is 3. The molecule has 11 nitrogen and oxygen atoms in total. The van der Waals surface area contributed by atoms with E-state index in [1.54, 1.807) is 4.90 Å². The number of likely N-dealkylation sites (tertiary alicyclic amines) is 1. The molecule has 3 saturated heterocycles. The fraction of sp³-hybridized carbons (Fsp3) is 0.476. The number of nitrogens with zero attached hydrogens (tertiary/aromatic N) is 7. The number of carbonyl (C=O) groups is 1. The molecule has 274 valence electrons. The lowest BCUT2D eigenvalue weighted by Gasteiger charge is -2.41. The summed E-state index contributed by atoms with van der Waals surface area (Å²) in [5, 5.41) is 12.5. The summed E-state index contributed by atoms with van der Waals surface area (Å²) >= 11 is 0. The van der Waals surface area contributed by atoms with Crippen LogP contribution in [-0.2, 0) is 35.6 Å². The number of anilines is 1. The van der Waals surface area contributed by atoms with Crippen LogP contribution in [0.1, 0.15) is 66.1 Å². The standard InChI is InChI=1S/C42H47N7O4/c43-17-12-33-25-47(20-21-49(33)42(50)52-28-29-6-2-1-3-7-29)40-36-26-48(38-24-31-10-4-8-30-9-5-11-35(38)39(30)31)27-37(36)44-41(45-40)53-34-13-18-46(19-14-34)32-15-22-51-23-16-32/h1-11,32-34,38H,12-16,18-28H2/t33-,38?/m0/s1. The van der Waals surface area contributed by atoms with E-state index in [0.29, 0.717) is 38.2 Å². The molecule has 3 fully saturated rings. The number of hydrogen-bond acceptors (Lipinski definition) is 10. The topological polar surface area (TPSA) is 107 Å². The van der Waals surface area contributed by atoms with Gasteiger partial charge in [0.2, 0.25) is 0 Å². The molecule has 0 N–H and O–H groups in total. The van der Waals surface area contributed by atoms with Gasteiger partial charge in [0.05, 0.1) is 24.2 Å².